The number of nitrogens with zero attached hydrogens (tertiary/aromatic N) is 2. The van der Waals surface area contributed by atoms with Gasteiger partial charge in [0, 0.05) is 32.2 Å². The molecule has 1 aliphatic rings. The number of piperazine rings is 1. The fourth-order valence-corrected chi connectivity index (χ4v) is 3.30. The number of rotatable bonds is 4. The summed E-state index contributed by atoms with van der Waals surface area (Å²) in [6.45, 7) is 3.77. The highest BCUT2D eigenvalue weighted by molar-refractivity contribution is 7.88. The van der Waals surface area contributed by atoms with E-state index in [-0.39, 0.29) is 11.9 Å². The predicted octanol–water partition coefficient (Wildman–Crippen LogP) is 1.19. The van der Waals surface area contributed by atoms with Gasteiger partial charge in [-0.15, -0.1) is 0 Å². The molecule has 1 fully saturated rings. The number of benzene rings is 1. The number of hydrogen-bond donors (Lipinski definition) is 1. The first-order valence-electron chi connectivity index (χ1n) is 6.99. The van der Waals surface area contributed by atoms with E-state index >= 15 is 0 Å². The molecule has 1 unspecified atom stereocenters. The first-order chi connectivity index (χ1) is 9.82. The fourth-order valence-electron chi connectivity index (χ4n) is 2.48. The monoisotopic (exact) mass is 315 g/mol. The molecule has 1 aliphatic heterocycles. The van der Waals surface area contributed by atoms with Crippen LogP contribution in [0, 0.1) is 5.82 Å². The molecule has 2 rings (SSSR count). The zero-order chi connectivity index (χ0) is 15.6. The molecule has 0 radical (unpaired) electrons. The van der Waals surface area contributed by atoms with Gasteiger partial charge < -0.3 is 10.2 Å². The van der Waals surface area contributed by atoms with Crippen LogP contribution in [0.15, 0.2) is 18.2 Å². The van der Waals surface area contributed by atoms with Crippen molar-refractivity contribution in [1.29, 1.82) is 0 Å². The van der Waals surface area contributed by atoms with Crippen molar-refractivity contribution >= 4 is 15.7 Å². The van der Waals surface area contributed by atoms with Gasteiger partial charge in [0.05, 0.1) is 11.9 Å². The molecule has 0 aliphatic carbocycles. The molecule has 1 aromatic carbocycles. The molecular weight excluding hydrogens is 293 g/mol. The van der Waals surface area contributed by atoms with Crippen molar-refractivity contribution in [2.45, 2.75) is 13.0 Å². The van der Waals surface area contributed by atoms with Crippen molar-refractivity contribution in [3.63, 3.8) is 0 Å². The van der Waals surface area contributed by atoms with E-state index in [0.717, 1.165) is 5.56 Å². The van der Waals surface area contributed by atoms with E-state index < -0.39 is 10.0 Å². The standard InChI is InChI=1S/C14H22FN3O2S/c1-11(16-2)12-4-5-14(13(15)10-12)17-6-8-18(9-7-17)21(3,19)20/h4-5,10-11,16H,6-9H2,1-3H3. The molecule has 21 heavy (non-hydrogen) atoms. The minimum atomic E-state index is -3.16. The van der Waals surface area contributed by atoms with E-state index in [1.807, 2.05) is 24.9 Å². The molecule has 0 saturated carbocycles. The maximum absolute atomic E-state index is 14.3. The lowest BCUT2D eigenvalue weighted by molar-refractivity contribution is 0.386. The minimum absolute atomic E-state index is 0.0932. The van der Waals surface area contributed by atoms with Crippen molar-refractivity contribution in [3.05, 3.63) is 29.6 Å². The van der Waals surface area contributed by atoms with Crippen LogP contribution in [-0.4, -0.2) is 52.2 Å². The Morgan fingerprint density at radius 1 is 1.24 bits per heavy atom. The van der Waals surface area contributed by atoms with Crippen molar-refractivity contribution in [3.8, 4) is 0 Å². The number of anilines is 1. The van der Waals surface area contributed by atoms with Crippen molar-refractivity contribution in [1.82, 2.24) is 9.62 Å². The highest BCUT2D eigenvalue weighted by Crippen LogP contribution is 2.24. The lowest BCUT2D eigenvalue weighted by Crippen LogP contribution is -2.48. The van der Waals surface area contributed by atoms with Crippen LogP contribution < -0.4 is 10.2 Å². The zero-order valence-electron chi connectivity index (χ0n) is 12.6. The molecule has 0 amide bonds. The molecule has 1 atom stereocenters. The molecule has 0 aromatic heterocycles. The third-order valence-electron chi connectivity index (χ3n) is 3.95. The van der Waals surface area contributed by atoms with Gasteiger partial charge in [0.15, 0.2) is 0 Å². The average molecular weight is 315 g/mol. The second-order valence-electron chi connectivity index (χ2n) is 5.37. The highest BCUT2D eigenvalue weighted by atomic mass is 32.2. The molecule has 1 aromatic rings. The Morgan fingerprint density at radius 2 is 1.86 bits per heavy atom. The van der Waals surface area contributed by atoms with Gasteiger partial charge in [0.25, 0.3) is 0 Å². The summed E-state index contributed by atoms with van der Waals surface area (Å²) in [5, 5.41) is 3.08. The Bertz CT molecular complexity index is 598. The summed E-state index contributed by atoms with van der Waals surface area (Å²) < 4.78 is 38.6. The third kappa shape index (κ3) is 3.72. The maximum atomic E-state index is 14.3. The van der Waals surface area contributed by atoms with Gasteiger partial charge in [-0.2, -0.15) is 4.31 Å². The molecule has 1 heterocycles. The van der Waals surface area contributed by atoms with Gasteiger partial charge in [-0.25, -0.2) is 12.8 Å². The molecule has 0 bridgehead atoms. The first-order valence-corrected chi connectivity index (χ1v) is 8.84. The second kappa shape index (κ2) is 6.29. The number of nitrogens with one attached hydrogen (secondary N) is 1. The minimum Gasteiger partial charge on any atom is -0.367 e. The summed E-state index contributed by atoms with van der Waals surface area (Å²) in [5.41, 5.74) is 1.43. The fraction of sp³-hybridized carbons (Fsp3) is 0.571. The largest absolute Gasteiger partial charge is 0.367 e. The molecule has 1 saturated heterocycles. The summed E-state index contributed by atoms with van der Waals surface area (Å²) in [6, 6.07) is 5.31. The zero-order valence-corrected chi connectivity index (χ0v) is 13.5. The van der Waals surface area contributed by atoms with Crippen LogP contribution in [0.25, 0.3) is 0 Å². The molecule has 1 N–H and O–H groups in total. The van der Waals surface area contributed by atoms with Crippen molar-refractivity contribution in [2.75, 3.05) is 44.4 Å². The molecule has 5 nitrogen and oxygen atoms in total. The van der Waals surface area contributed by atoms with Crippen LogP contribution in [0.4, 0.5) is 10.1 Å². The van der Waals surface area contributed by atoms with E-state index in [4.69, 9.17) is 0 Å². The quantitative estimate of drug-likeness (QED) is 0.907. The summed E-state index contributed by atoms with van der Waals surface area (Å²) >= 11 is 0. The van der Waals surface area contributed by atoms with Gasteiger partial charge in [0.2, 0.25) is 10.0 Å². The van der Waals surface area contributed by atoms with Gasteiger partial charge in [-0.05, 0) is 31.7 Å². The second-order valence-corrected chi connectivity index (χ2v) is 7.35. The maximum Gasteiger partial charge on any atom is 0.211 e. The Morgan fingerprint density at radius 3 is 2.33 bits per heavy atom. The highest BCUT2D eigenvalue weighted by Gasteiger charge is 2.24. The topological polar surface area (TPSA) is 52.6 Å². The lowest BCUT2D eigenvalue weighted by atomic mass is 10.1. The van der Waals surface area contributed by atoms with Gasteiger partial charge in [-0.1, -0.05) is 6.07 Å². The van der Waals surface area contributed by atoms with E-state index in [2.05, 4.69) is 5.32 Å². The Kier molecular flexibility index (Phi) is 4.85. The van der Waals surface area contributed by atoms with E-state index in [1.165, 1.54) is 10.6 Å². The molecule has 0 spiro atoms. The van der Waals surface area contributed by atoms with E-state index in [0.29, 0.717) is 31.9 Å². The van der Waals surface area contributed by atoms with E-state index in [1.54, 1.807) is 12.1 Å². The molecule has 118 valence electrons. The van der Waals surface area contributed by atoms with Crippen LogP contribution in [0.3, 0.4) is 0 Å². The van der Waals surface area contributed by atoms with Crippen LogP contribution in [0.5, 0.6) is 0 Å². The number of halogens is 1. The van der Waals surface area contributed by atoms with Crippen LogP contribution >= 0.6 is 0 Å². The summed E-state index contributed by atoms with van der Waals surface area (Å²) in [7, 11) is -1.32. The lowest BCUT2D eigenvalue weighted by Gasteiger charge is -2.35. The van der Waals surface area contributed by atoms with Gasteiger partial charge in [-0.3, -0.25) is 0 Å². The average Bonchev–Trinajstić information content (AvgIpc) is 2.45. The van der Waals surface area contributed by atoms with Crippen molar-refractivity contribution in [2.24, 2.45) is 0 Å². The normalized spacial score (nSPS) is 18.8. The predicted molar refractivity (Wildman–Crippen MR) is 82.5 cm³/mol. The van der Waals surface area contributed by atoms with Crippen LogP contribution in [0.2, 0.25) is 0 Å². The molecular formula is C14H22FN3O2S. The summed E-state index contributed by atoms with van der Waals surface area (Å²) in [5.74, 6) is -0.262. The Balaban J connectivity index is 2.10. The van der Waals surface area contributed by atoms with Crippen molar-refractivity contribution < 1.29 is 12.8 Å². The van der Waals surface area contributed by atoms with Gasteiger partial charge >= 0.3 is 0 Å². The van der Waals surface area contributed by atoms with Gasteiger partial charge in [0.1, 0.15) is 5.82 Å². The summed E-state index contributed by atoms with van der Waals surface area (Å²) in [4.78, 5) is 1.89. The molecule has 7 heteroatoms. The first kappa shape index (κ1) is 16.2. The third-order valence-corrected chi connectivity index (χ3v) is 5.26. The van der Waals surface area contributed by atoms with E-state index in [9.17, 15) is 12.8 Å². The Labute approximate surface area is 125 Å². The summed E-state index contributed by atoms with van der Waals surface area (Å²) in [6.07, 6.45) is 1.21. The van der Waals surface area contributed by atoms with Crippen LogP contribution in [-0.2, 0) is 10.0 Å². The Hall–Kier alpha value is -1.18. The van der Waals surface area contributed by atoms with Crippen LogP contribution in [0.1, 0.15) is 18.5 Å². The number of hydrogen-bond acceptors (Lipinski definition) is 4. The number of sulfonamides is 1. The smallest absolute Gasteiger partial charge is 0.211 e. The SMILES string of the molecule is CNC(C)c1ccc(N2CCN(S(C)(=O)=O)CC2)c(F)c1.